The highest BCUT2D eigenvalue weighted by Gasteiger charge is 2.30. The van der Waals surface area contributed by atoms with Crippen LogP contribution in [-0.2, 0) is 14.8 Å². The fourth-order valence-electron chi connectivity index (χ4n) is 3.34. The number of nitrogens with one attached hydrogen (secondary N) is 2. The zero-order chi connectivity index (χ0) is 17.2. The van der Waals surface area contributed by atoms with Crippen molar-refractivity contribution < 1.29 is 13.2 Å². The molecule has 2 N–H and O–H groups in total. The average molecular weight is 425 g/mol. The molecule has 148 valence electrons. The van der Waals surface area contributed by atoms with Gasteiger partial charge in [0, 0.05) is 26.2 Å². The fourth-order valence-corrected chi connectivity index (χ4v) is 4.29. The van der Waals surface area contributed by atoms with Crippen molar-refractivity contribution in [1.29, 1.82) is 0 Å². The molecule has 0 aromatic heterocycles. The number of carbonyl (C=O) groups excluding carboxylic acids is 1. The maximum atomic E-state index is 12.5. The topological polar surface area (TPSA) is 81.8 Å². The van der Waals surface area contributed by atoms with Gasteiger partial charge in [-0.2, -0.15) is 0 Å². The summed E-state index contributed by atoms with van der Waals surface area (Å²) in [6.07, 6.45) is 1.95. The van der Waals surface area contributed by atoms with Crippen LogP contribution in [0.15, 0.2) is 29.2 Å². The van der Waals surface area contributed by atoms with E-state index in [-0.39, 0.29) is 41.7 Å². The molecule has 1 amide bonds. The van der Waals surface area contributed by atoms with Crippen molar-refractivity contribution in [1.82, 2.24) is 14.9 Å². The zero-order valence-electron chi connectivity index (χ0n) is 14.7. The number of benzene rings is 1. The van der Waals surface area contributed by atoms with Gasteiger partial charge in [0.25, 0.3) is 0 Å². The van der Waals surface area contributed by atoms with Crippen LogP contribution in [0.4, 0.5) is 5.69 Å². The number of hydrogen-bond donors (Lipinski definition) is 2. The third-order valence-electron chi connectivity index (χ3n) is 4.71. The normalized spacial score (nSPS) is 20.3. The van der Waals surface area contributed by atoms with E-state index in [1.165, 1.54) is 7.05 Å². The zero-order valence-corrected chi connectivity index (χ0v) is 17.1. The molecule has 26 heavy (non-hydrogen) atoms. The summed E-state index contributed by atoms with van der Waals surface area (Å²) in [6.45, 7) is 3.41. The molecular formula is C16H26Cl2N4O3S. The monoisotopic (exact) mass is 424 g/mol. The maximum absolute atomic E-state index is 12.5. The Bertz CT molecular complexity index is 703. The Morgan fingerprint density at radius 2 is 1.81 bits per heavy atom. The van der Waals surface area contributed by atoms with Crippen LogP contribution in [0.2, 0.25) is 0 Å². The molecule has 0 saturated carbocycles. The summed E-state index contributed by atoms with van der Waals surface area (Å²) in [6, 6.07) is 6.94. The van der Waals surface area contributed by atoms with Gasteiger partial charge in [-0.3, -0.25) is 4.79 Å². The minimum Gasteiger partial charge on any atom is -0.367 e. The van der Waals surface area contributed by atoms with Gasteiger partial charge in [0.1, 0.15) is 4.90 Å². The minimum absolute atomic E-state index is 0. The molecule has 7 nitrogen and oxygen atoms in total. The molecule has 0 radical (unpaired) electrons. The molecule has 1 unspecified atom stereocenters. The molecule has 2 heterocycles. The molecule has 0 bridgehead atoms. The second-order valence-electron chi connectivity index (χ2n) is 6.14. The highest BCUT2D eigenvalue weighted by Crippen LogP contribution is 2.26. The summed E-state index contributed by atoms with van der Waals surface area (Å²) >= 11 is 0. The van der Waals surface area contributed by atoms with E-state index in [1.807, 2.05) is 21.9 Å². The van der Waals surface area contributed by atoms with Crippen LogP contribution >= 0.6 is 24.8 Å². The molecule has 1 aromatic rings. The lowest BCUT2D eigenvalue weighted by atomic mass is 10.1. The summed E-state index contributed by atoms with van der Waals surface area (Å²) in [5.74, 6) is 0.170. The molecule has 0 spiro atoms. The lowest BCUT2D eigenvalue weighted by Crippen LogP contribution is -2.53. The second-order valence-corrected chi connectivity index (χ2v) is 7.99. The van der Waals surface area contributed by atoms with E-state index >= 15 is 0 Å². The van der Waals surface area contributed by atoms with Gasteiger partial charge >= 0.3 is 0 Å². The van der Waals surface area contributed by atoms with Crippen molar-refractivity contribution in [3.8, 4) is 0 Å². The van der Waals surface area contributed by atoms with E-state index in [4.69, 9.17) is 0 Å². The van der Waals surface area contributed by atoms with Crippen LogP contribution in [-0.4, -0.2) is 65.0 Å². The smallest absolute Gasteiger partial charge is 0.242 e. The maximum Gasteiger partial charge on any atom is 0.242 e. The van der Waals surface area contributed by atoms with Crippen LogP contribution in [0.5, 0.6) is 0 Å². The van der Waals surface area contributed by atoms with Crippen LogP contribution in [0.3, 0.4) is 0 Å². The number of anilines is 1. The van der Waals surface area contributed by atoms with E-state index in [0.29, 0.717) is 31.9 Å². The SMILES string of the molecule is CNS(=O)(=O)c1ccccc1N1CCN(C(=O)C2CCCN2)CC1.Cl.Cl. The molecule has 3 rings (SSSR count). The molecule has 2 fully saturated rings. The highest BCUT2D eigenvalue weighted by molar-refractivity contribution is 7.89. The van der Waals surface area contributed by atoms with Crippen molar-refractivity contribution in [2.75, 3.05) is 44.7 Å². The lowest BCUT2D eigenvalue weighted by molar-refractivity contribution is -0.133. The third kappa shape index (κ3) is 4.80. The Morgan fingerprint density at radius 3 is 2.38 bits per heavy atom. The largest absolute Gasteiger partial charge is 0.367 e. The van der Waals surface area contributed by atoms with E-state index in [1.54, 1.807) is 12.1 Å². The molecular weight excluding hydrogens is 399 g/mol. The number of para-hydroxylation sites is 1. The molecule has 10 heteroatoms. The van der Waals surface area contributed by atoms with E-state index in [0.717, 1.165) is 19.4 Å². The Hall–Kier alpha value is -1.06. The molecule has 2 aliphatic heterocycles. The first-order valence-corrected chi connectivity index (χ1v) is 9.81. The Balaban J connectivity index is 0.00000169. The van der Waals surface area contributed by atoms with Crippen molar-refractivity contribution in [3.05, 3.63) is 24.3 Å². The Labute approximate surface area is 167 Å². The van der Waals surface area contributed by atoms with Crippen molar-refractivity contribution in [3.63, 3.8) is 0 Å². The van der Waals surface area contributed by atoms with Gasteiger partial charge in [-0.25, -0.2) is 13.1 Å². The van der Waals surface area contributed by atoms with E-state index in [2.05, 4.69) is 10.0 Å². The predicted molar refractivity (Wildman–Crippen MR) is 107 cm³/mol. The standard InChI is InChI=1S/C16H24N4O3S.2ClH/c1-17-24(22,23)15-7-3-2-6-14(15)19-9-11-20(12-10-19)16(21)13-5-4-8-18-13;;/h2-3,6-7,13,17-18H,4-5,8-12H2,1H3;2*1H. The highest BCUT2D eigenvalue weighted by atomic mass is 35.5. The number of halogens is 2. The number of rotatable bonds is 4. The number of hydrogen-bond acceptors (Lipinski definition) is 5. The van der Waals surface area contributed by atoms with Gasteiger partial charge in [-0.1, -0.05) is 12.1 Å². The first-order chi connectivity index (χ1) is 11.5. The number of carbonyl (C=O) groups is 1. The van der Waals surface area contributed by atoms with E-state index in [9.17, 15) is 13.2 Å². The molecule has 0 aliphatic carbocycles. The van der Waals surface area contributed by atoms with Crippen LogP contribution < -0.4 is 14.9 Å². The summed E-state index contributed by atoms with van der Waals surface area (Å²) in [7, 11) is -2.09. The summed E-state index contributed by atoms with van der Waals surface area (Å²) < 4.78 is 26.8. The first-order valence-electron chi connectivity index (χ1n) is 8.32. The minimum atomic E-state index is -3.50. The summed E-state index contributed by atoms with van der Waals surface area (Å²) in [5.41, 5.74) is 0.693. The molecule has 2 saturated heterocycles. The van der Waals surface area contributed by atoms with Gasteiger partial charge in [-0.15, -0.1) is 24.8 Å². The van der Waals surface area contributed by atoms with Crippen molar-refractivity contribution >= 4 is 46.4 Å². The predicted octanol–water partition coefficient (Wildman–Crippen LogP) is 0.839. The third-order valence-corrected chi connectivity index (χ3v) is 6.18. The number of nitrogens with zero attached hydrogens (tertiary/aromatic N) is 2. The Morgan fingerprint density at radius 1 is 1.15 bits per heavy atom. The van der Waals surface area contributed by atoms with Gasteiger partial charge in [0.05, 0.1) is 11.7 Å². The fraction of sp³-hybridized carbons (Fsp3) is 0.562. The van der Waals surface area contributed by atoms with Crippen molar-refractivity contribution in [2.45, 2.75) is 23.8 Å². The van der Waals surface area contributed by atoms with Gasteiger partial charge in [0.2, 0.25) is 15.9 Å². The average Bonchev–Trinajstić information content (AvgIpc) is 3.16. The van der Waals surface area contributed by atoms with Gasteiger partial charge in [-0.05, 0) is 38.6 Å². The van der Waals surface area contributed by atoms with Gasteiger partial charge < -0.3 is 15.1 Å². The molecule has 1 aromatic carbocycles. The van der Waals surface area contributed by atoms with E-state index < -0.39 is 10.0 Å². The second kappa shape index (κ2) is 9.75. The Kier molecular flexibility index (Phi) is 8.62. The van der Waals surface area contributed by atoms with Crippen LogP contribution in [0, 0.1) is 0 Å². The quantitative estimate of drug-likeness (QED) is 0.747. The number of sulfonamides is 1. The van der Waals surface area contributed by atoms with Gasteiger partial charge in [0.15, 0.2) is 0 Å². The van der Waals surface area contributed by atoms with Crippen LogP contribution in [0.1, 0.15) is 12.8 Å². The number of amides is 1. The van der Waals surface area contributed by atoms with Crippen molar-refractivity contribution in [2.24, 2.45) is 0 Å². The number of piperazine rings is 1. The summed E-state index contributed by atoms with van der Waals surface area (Å²) in [5, 5.41) is 3.24. The first kappa shape index (κ1) is 23.0. The molecule has 1 atom stereocenters. The lowest BCUT2D eigenvalue weighted by Gasteiger charge is -2.37. The summed E-state index contributed by atoms with van der Waals surface area (Å²) in [4.78, 5) is 16.7. The molecule has 2 aliphatic rings. The van der Waals surface area contributed by atoms with Crippen LogP contribution in [0.25, 0.3) is 0 Å².